The minimum Gasteiger partial charge on any atom is -0.410 e. The molecule has 0 saturated carbocycles. The van der Waals surface area contributed by atoms with Gasteiger partial charge in [0.05, 0.1) is 11.9 Å². The maximum atomic E-state index is 14.2. The van der Waals surface area contributed by atoms with Gasteiger partial charge in [0.15, 0.2) is 0 Å². The van der Waals surface area contributed by atoms with E-state index in [1.165, 1.54) is 5.69 Å². The van der Waals surface area contributed by atoms with Crippen LogP contribution in [0.2, 0.25) is 0 Å². The number of pyridine rings is 1. The van der Waals surface area contributed by atoms with Gasteiger partial charge >= 0.3 is 6.01 Å². The van der Waals surface area contributed by atoms with Crippen molar-refractivity contribution in [3.63, 3.8) is 0 Å². The van der Waals surface area contributed by atoms with Crippen LogP contribution in [0.25, 0.3) is 11.5 Å². The summed E-state index contributed by atoms with van der Waals surface area (Å²) in [5.41, 5.74) is 1.87. The zero-order valence-electron chi connectivity index (χ0n) is 17.8. The molecule has 5 rings (SSSR count). The highest BCUT2D eigenvalue weighted by atomic mass is 19.1. The molecule has 1 fully saturated rings. The van der Waals surface area contributed by atoms with Crippen LogP contribution in [0.3, 0.4) is 0 Å². The number of aromatic nitrogens is 2. The Morgan fingerprint density at radius 3 is 2.21 bits per heavy atom. The lowest BCUT2D eigenvalue weighted by Crippen LogP contribution is -2.46. The third kappa shape index (κ3) is 4.55. The molecule has 3 heterocycles. The van der Waals surface area contributed by atoms with E-state index in [2.05, 4.69) is 37.2 Å². The molecule has 1 aliphatic heterocycles. The first-order valence-corrected chi connectivity index (χ1v) is 10.7. The second-order valence-electron chi connectivity index (χ2n) is 7.68. The summed E-state index contributed by atoms with van der Waals surface area (Å²) in [6.45, 7) is 3.50. The number of amides is 1. The monoisotopic (exact) mass is 443 g/mol. The Hall–Kier alpha value is -4.20. The first kappa shape index (κ1) is 20.7. The van der Waals surface area contributed by atoms with Crippen LogP contribution in [0.15, 0.2) is 83.4 Å². The minimum absolute atomic E-state index is 0.0568. The van der Waals surface area contributed by atoms with E-state index in [-0.39, 0.29) is 5.89 Å². The number of anilines is 3. The van der Waals surface area contributed by atoms with Crippen molar-refractivity contribution in [2.45, 2.75) is 0 Å². The van der Waals surface area contributed by atoms with Crippen molar-refractivity contribution in [3.05, 3.63) is 90.7 Å². The van der Waals surface area contributed by atoms with Crippen molar-refractivity contribution < 1.29 is 13.6 Å². The van der Waals surface area contributed by atoms with Crippen LogP contribution >= 0.6 is 0 Å². The van der Waals surface area contributed by atoms with Crippen LogP contribution in [0.5, 0.6) is 0 Å². The molecule has 4 aromatic rings. The van der Waals surface area contributed by atoms with E-state index in [1.54, 1.807) is 36.5 Å². The van der Waals surface area contributed by atoms with Crippen molar-refractivity contribution in [1.82, 2.24) is 9.97 Å². The molecule has 8 heteroatoms. The van der Waals surface area contributed by atoms with E-state index < -0.39 is 17.6 Å². The van der Waals surface area contributed by atoms with Gasteiger partial charge in [-0.05, 0) is 36.4 Å². The van der Waals surface area contributed by atoms with E-state index in [0.717, 1.165) is 32.0 Å². The summed E-state index contributed by atoms with van der Waals surface area (Å²) in [6, 6.07) is 21.8. The SMILES string of the molecule is O=C(Nc1ccc(N2CCN(c3ccccc3)CC2)nc1)c1nc(-c2ccccc2)oc1F. The Morgan fingerprint density at radius 2 is 1.55 bits per heavy atom. The minimum atomic E-state index is -1.02. The van der Waals surface area contributed by atoms with E-state index >= 15 is 0 Å². The summed E-state index contributed by atoms with van der Waals surface area (Å²) in [5, 5.41) is 2.63. The predicted molar refractivity (Wildman–Crippen MR) is 125 cm³/mol. The van der Waals surface area contributed by atoms with Crippen molar-refractivity contribution in [1.29, 1.82) is 0 Å². The highest BCUT2D eigenvalue weighted by molar-refractivity contribution is 6.03. The van der Waals surface area contributed by atoms with Gasteiger partial charge in [0.25, 0.3) is 5.91 Å². The van der Waals surface area contributed by atoms with Gasteiger partial charge in [-0.3, -0.25) is 4.79 Å². The molecule has 0 unspecified atom stereocenters. The molecule has 0 bridgehead atoms. The Morgan fingerprint density at radius 1 is 0.879 bits per heavy atom. The lowest BCUT2D eigenvalue weighted by Gasteiger charge is -2.36. The van der Waals surface area contributed by atoms with Crippen LogP contribution in [-0.4, -0.2) is 42.1 Å². The number of hydrogen-bond donors (Lipinski definition) is 1. The largest absolute Gasteiger partial charge is 0.410 e. The van der Waals surface area contributed by atoms with E-state index in [0.29, 0.717) is 11.3 Å². The first-order valence-electron chi connectivity index (χ1n) is 10.7. The Bertz CT molecular complexity index is 1220. The van der Waals surface area contributed by atoms with Gasteiger partial charge in [-0.1, -0.05) is 36.4 Å². The summed E-state index contributed by atoms with van der Waals surface area (Å²) in [4.78, 5) is 25.6. The smallest absolute Gasteiger partial charge is 0.311 e. The number of para-hydroxylation sites is 1. The third-order valence-electron chi connectivity index (χ3n) is 5.55. The molecule has 1 saturated heterocycles. The van der Waals surface area contributed by atoms with Gasteiger partial charge in [0.1, 0.15) is 5.82 Å². The highest BCUT2D eigenvalue weighted by Crippen LogP contribution is 2.23. The van der Waals surface area contributed by atoms with Gasteiger partial charge < -0.3 is 19.5 Å². The van der Waals surface area contributed by atoms with E-state index in [1.807, 2.05) is 30.3 Å². The van der Waals surface area contributed by atoms with Gasteiger partial charge in [0, 0.05) is 37.4 Å². The topological polar surface area (TPSA) is 74.5 Å². The number of carbonyl (C=O) groups excluding carboxylic acids is 1. The molecule has 2 aromatic heterocycles. The Balaban J connectivity index is 1.21. The number of halogens is 1. The Labute approximate surface area is 190 Å². The number of carbonyl (C=O) groups is 1. The molecular formula is C25H22FN5O2. The average Bonchev–Trinajstić information content (AvgIpc) is 3.27. The van der Waals surface area contributed by atoms with E-state index in [9.17, 15) is 9.18 Å². The molecule has 1 N–H and O–H groups in total. The standard InChI is InChI=1S/C25H22FN5O2/c26-23-22(29-25(33-23)18-7-3-1-4-8-18)24(32)28-19-11-12-21(27-17-19)31-15-13-30(14-16-31)20-9-5-2-6-10-20/h1-12,17H,13-16H2,(H,28,32). The van der Waals surface area contributed by atoms with Crippen molar-refractivity contribution in [2.75, 3.05) is 41.3 Å². The Kier molecular flexibility index (Phi) is 5.72. The number of hydrogen-bond acceptors (Lipinski definition) is 6. The fraction of sp³-hybridized carbons (Fsp3) is 0.160. The molecule has 0 aliphatic carbocycles. The summed E-state index contributed by atoms with van der Waals surface area (Å²) in [5.74, 6) is 0.200. The maximum Gasteiger partial charge on any atom is 0.311 e. The average molecular weight is 443 g/mol. The van der Waals surface area contributed by atoms with Crippen molar-refractivity contribution >= 4 is 23.1 Å². The van der Waals surface area contributed by atoms with Crippen LogP contribution < -0.4 is 15.1 Å². The number of oxazole rings is 1. The quantitative estimate of drug-likeness (QED) is 0.491. The number of rotatable bonds is 5. The van der Waals surface area contributed by atoms with Crippen LogP contribution in [0.4, 0.5) is 21.6 Å². The van der Waals surface area contributed by atoms with E-state index in [4.69, 9.17) is 4.42 Å². The molecule has 2 aromatic carbocycles. The molecule has 0 radical (unpaired) electrons. The van der Waals surface area contributed by atoms with Crippen LogP contribution in [0, 0.1) is 6.01 Å². The maximum absolute atomic E-state index is 14.2. The number of benzene rings is 2. The number of nitrogens with one attached hydrogen (secondary N) is 1. The van der Waals surface area contributed by atoms with Gasteiger partial charge in [-0.2, -0.15) is 4.39 Å². The van der Waals surface area contributed by atoms with Crippen LogP contribution in [-0.2, 0) is 0 Å². The molecule has 166 valence electrons. The lowest BCUT2D eigenvalue weighted by molar-refractivity contribution is 0.101. The van der Waals surface area contributed by atoms with Gasteiger partial charge in [-0.25, -0.2) is 9.97 Å². The number of piperazine rings is 1. The fourth-order valence-electron chi connectivity index (χ4n) is 3.82. The van der Waals surface area contributed by atoms with Gasteiger partial charge in [-0.15, -0.1) is 0 Å². The summed E-state index contributed by atoms with van der Waals surface area (Å²) >= 11 is 0. The second kappa shape index (κ2) is 9.12. The van der Waals surface area contributed by atoms with Crippen LogP contribution in [0.1, 0.15) is 10.5 Å². The second-order valence-corrected chi connectivity index (χ2v) is 7.68. The molecule has 7 nitrogen and oxygen atoms in total. The molecule has 1 aliphatic rings. The zero-order chi connectivity index (χ0) is 22.6. The molecule has 0 spiro atoms. The number of nitrogens with zero attached hydrogens (tertiary/aromatic N) is 4. The normalized spacial score (nSPS) is 13.7. The summed E-state index contributed by atoms with van der Waals surface area (Å²) in [7, 11) is 0. The van der Waals surface area contributed by atoms with Gasteiger partial charge in [0.2, 0.25) is 11.6 Å². The fourth-order valence-corrected chi connectivity index (χ4v) is 3.82. The van der Waals surface area contributed by atoms with Crippen molar-refractivity contribution in [2.24, 2.45) is 0 Å². The molecule has 0 atom stereocenters. The molecule has 1 amide bonds. The highest BCUT2D eigenvalue weighted by Gasteiger charge is 2.22. The molecule has 33 heavy (non-hydrogen) atoms. The first-order chi connectivity index (χ1) is 16.2. The predicted octanol–water partition coefficient (Wildman–Crippen LogP) is 4.45. The molecular weight excluding hydrogens is 421 g/mol. The summed E-state index contributed by atoms with van der Waals surface area (Å²) < 4.78 is 19.2. The van der Waals surface area contributed by atoms with Crippen molar-refractivity contribution in [3.8, 4) is 11.5 Å². The lowest BCUT2D eigenvalue weighted by atomic mass is 10.2. The zero-order valence-corrected chi connectivity index (χ0v) is 17.8. The third-order valence-corrected chi connectivity index (χ3v) is 5.55. The summed E-state index contributed by atoms with van der Waals surface area (Å²) in [6.07, 6.45) is 1.56.